The number of nitrogens with two attached hydrogens (primary N) is 4. The van der Waals surface area contributed by atoms with Crippen molar-refractivity contribution in [1.29, 1.82) is 0 Å². The van der Waals surface area contributed by atoms with Gasteiger partial charge in [-0.3, -0.25) is 9.98 Å². The van der Waals surface area contributed by atoms with E-state index < -0.39 is 5.72 Å². The maximum atomic E-state index is 12.1. The molecule has 0 amide bonds. The van der Waals surface area contributed by atoms with Crippen molar-refractivity contribution in [3.8, 4) is 0 Å². The quantitative estimate of drug-likeness (QED) is 0.0596. The predicted octanol–water partition coefficient (Wildman–Crippen LogP) is 1.64. The first kappa shape index (κ1) is 31.5. The number of aliphatic imine (C=N–C) groups is 2. The second kappa shape index (κ2) is 17.7. The van der Waals surface area contributed by atoms with Crippen molar-refractivity contribution in [2.45, 2.75) is 95.4 Å². The standard InChI is InChI=1S/C27H52N8OS/c1-2-3-4-5-6-7-8-9-10-11-15-27(36)23(37-21-17-33-26(30)31)22-24-34(19-14-20-35(24)27)18-13-12-16-32-25(28)29/h2,22,24,36H,1,3-21H2,(H4,28,29,32)(H4,30,31,33)/p+1. The van der Waals surface area contributed by atoms with Crippen LogP contribution in [0.3, 0.4) is 0 Å². The molecule has 0 spiro atoms. The summed E-state index contributed by atoms with van der Waals surface area (Å²) in [5.41, 5.74) is 21.0. The molecular weight excluding hydrogens is 484 g/mol. The number of aliphatic hydroxyl groups is 1. The number of rotatable bonds is 20. The Balaban J connectivity index is 1.90. The van der Waals surface area contributed by atoms with Gasteiger partial charge in [0.1, 0.15) is 0 Å². The van der Waals surface area contributed by atoms with Gasteiger partial charge >= 0.3 is 0 Å². The van der Waals surface area contributed by atoms with Crippen molar-refractivity contribution < 1.29 is 10.0 Å². The second-order valence-corrected chi connectivity index (χ2v) is 11.5. The van der Waals surface area contributed by atoms with Crippen molar-refractivity contribution in [3.05, 3.63) is 23.6 Å². The number of hydrogen-bond acceptors (Lipinski definition) is 5. The number of quaternary nitrogens is 1. The van der Waals surface area contributed by atoms with Crippen LogP contribution in [-0.4, -0.2) is 72.3 Å². The van der Waals surface area contributed by atoms with Crippen LogP contribution in [-0.2, 0) is 0 Å². The molecule has 3 atom stereocenters. The average molecular weight is 538 g/mol. The molecule has 0 aliphatic carbocycles. The summed E-state index contributed by atoms with van der Waals surface area (Å²) in [6.07, 6.45) is 19.5. The molecule has 2 rings (SSSR count). The number of hydrogen-bond donors (Lipinski definition) is 6. The summed E-state index contributed by atoms with van der Waals surface area (Å²) in [5.74, 6) is 1.03. The molecule has 1 fully saturated rings. The monoisotopic (exact) mass is 537 g/mol. The average Bonchev–Trinajstić information content (AvgIpc) is 3.15. The van der Waals surface area contributed by atoms with Gasteiger partial charge in [0, 0.05) is 36.2 Å². The molecule has 37 heavy (non-hydrogen) atoms. The van der Waals surface area contributed by atoms with Crippen LogP contribution in [0.15, 0.2) is 33.6 Å². The minimum atomic E-state index is -0.887. The van der Waals surface area contributed by atoms with Crippen LogP contribution >= 0.6 is 11.8 Å². The Morgan fingerprint density at radius 2 is 1.65 bits per heavy atom. The summed E-state index contributed by atoms with van der Waals surface area (Å²) < 4.78 is 0. The Labute approximate surface area is 228 Å². The molecular formula is C27H53N8OS+. The third-order valence-corrected chi connectivity index (χ3v) is 8.52. The fraction of sp³-hybridized carbons (Fsp3) is 0.778. The van der Waals surface area contributed by atoms with Crippen LogP contribution in [0.25, 0.3) is 0 Å². The van der Waals surface area contributed by atoms with Gasteiger partial charge in [-0.1, -0.05) is 44.6 Å². The van der Waals surface area contributed by atoms with Gasteiger partial charge in [0.15, 0.2) is 23.8 Å². The van der Waals surface area contributed by atoms with E-state index in [-0.39, 0.29) is 18.1 Å². The van der Waals surface area contributed by atoms with Crippen molar-refractivity contribution in [2.24, 2.45) is 32.9 Å². The van der Waals surface area contributed by atoms with Gasteiger partial charge in [0.2, 0.25) is 0 Å². The molecule has 9 nitrogen and oxygen atoms in total. The number of allylic oxidation sites excluding steroid dienone is 1. The lowest BCUT2D eigenvalue weighted by Crippen LogP contribution is -3.18. The van der Waals surface area contributed by atoms with Crippen LogP contribution in [0, 0.1) is 0 Å². The Kier molecular flexibility index (Phi) is 15.1. The molecule has 3 unspecified atom stereocenters. The molecule has 2 heterocycles. The number of thioether (sulfide) groups is 1. The van der Waals surface area contributed by atoms with E-state index in [9.17, 15) is 5.11 Å². The molecule has 0 saturated carbocycles. The van der Waals surface area contributed by atoms with Crippen LogP contribution in [0.5, 0.6) is 0 Å². The van der Waals surface area contributed by atoms with Gasteiger partial charge < -0.3 is 32.9 Å². The van der Waals surface area contributed by atoms with Crippen molar-refractivity contribution in [3.63, 3.8) is 0 Å². The van der Waals surface area contributed by atoms with E-state index in [0.29, 0.717) is 13.1 Å². The normalized spacial score (nSPS) is 23.3. The minimum Gasteiger partial charge on any atom is -0.371 e. The topological polar surface area (TPSA) is 157 Å². The number of unbranched alkanes of at least 4 members (excludes halogenated alkanes) is 9. The summed E-state index contributed by atoms with van der Waals surface area (Å²) in [5, 5.41) is 12.1. The zero-order chi connectivity index (χ0) is 26.9. The molecule has 0 radical (unpaired) electrons. The third kappa shape index (κ3) is 11.3. The molecule has 10 heteroatoms. The Morgan fingerprint density at radius 3 is 2.32 bits per heavy atom. The minimum absolute atomic E-state index is 0.116. The molecule has 2 aliphatic rings. The lowest BCUT2D eigenvalue weighted by molar-refractivity contribution is -0.937. The fourth-order valence-corrected chi connectivity index (χ4v) is 6.53. The largest absolute Gasteiger partial charge is 0.371 e. The second-order valence-electron chi connectivity index (χ2n) is 10.3. The molecule has 212 valence electrons. The first-order chi connectivity index (χ1) is 17.9. The Bertz CT molecular complexity index is 751. The highest BCUT2D eigenvalue weighted by atomic mass is 32.2. The summed E-state index contributed by atoms with van der Waals surface area (Å²) >= 11 is 1.70. The molecule has 0 bridgehead atoms. The zero-order valence-corrected chi connectivity index (χ0v) is 23.7. The fourth-order valence-electron chi connectivity index (χ4n) is 5.45. The highest BCUT2D eigenvalue weighted by molar-refractivity contribution is 8.03. The van der Waals surface area contributed by atoms with E-state index in [1.165, 1.54) is 49.8 Å². The molecule has 1 saturated heterocycles. The van der Waals surface area contributed by atoms with E-state index in [2.05, 4.69) is 27.5 Å². The highest BCUT2D eigenvalue weighted by Gasteiger charge is 2.51. The van der Waals surface area contributed by atoms with Gasteiger partial charge in [-0.15, -0.1) is 18.3 Å². The summed E-state index contributed by atoms with van der Waals surface area (Å²) in [6.45, 7) is 8.12. The van der Waals surface area contributed by atoms with E-state index in [1.54, 1.807) is 11.8 Å². The van der Waals surface area contributed by atoms with Crippen molar-refractivity contribution in [1.82, 2.24) is 4.90 Å². The van der Waals surface area contributed by atoms with Crippen LogP contribution in [0.1, 0.15) is 83.5 Å². The van der Waals surface area contributed by atoms with Gasteiger partial charge in [-0.2, -0.15) is 0 Å². The SMILES string of the molecule is C=CCCCCCCCCCCC1(O)C(SCCN=C(N)N)=CC2N1CCC[NH+]2CCCCN=C(N)N. The Morgan fingerprint density at radius 1 is 1.00 bits per heavy atom. The highest BCUT2D eigenvalue weighted by Crippen LogP contribution is 2.41. The smallest absolute Gasteiger partial charge is 0.185 e. The number of nitrogens with zero attached hydrogens (tertiary/aromatic N) is 3. The molecule has 10 N–H and O–H groups in total. The predicted molar refractivity (Wildman–Crippen MR) is 158 cm³/mol. The van der Waals surface area contributed by atoms with E-state index >= 15 is 0 Å². The van der Waals surface area contributed by atoms with Gasteiger partial charge in [-0.25, -0.2) is 4.90 Å². The maximum absolute atomic E-state index is 12.1. The number of guanidine groups is 2. The molecule has 0 aromatic heterocycles. The van der Waals surface area contributed by atoms with Crippen molar-refractivity contribution in [2.75, 3.05) is 38.5 Å². The Hall–Kier alpha value is -1.75. The first-order valence-corrected chi connectivity index (χ1v) is 15.3. The van der Waals surface area contributed by atoms with Gasteiger partial charge in [0.05, 0.1) is 19.6 Å². The molecule has 0 aromatic rings. The number of nitrogens with one attached hydrogen (secondary N) is 1. The summed E-state index contributed by atoms with van der Waals surface area (Å²) in [4.78, 5) is 13.2. The molecule has 2 aliphatic heterocycles. The third-order valence-electron chi connectivity index (χ3n) is 7.36. The lowest BCUT2D eigenvalue weighted by atomic mass is 10.0. The van der Waals surface area contributed by atoms with Gasteiger partial charge in [0.25, 0.3) is 0 Å². The first-order valence-electron chi connectivity index (χ1n) is 14.3. The molecule has 0 aromatic carbocycles. The lowest BCUT2D eigenvalue weighted by Gasteiger charge is -2.43. The maximum Gasteiger partial charge on any atom is 0.185 e. The number of fused-ring (bicyclic) bond motifs is 1. The zero-order valence-electron chi connectivity index (χ0n) is 22.9. The van der Waals surface area contributed by atoms with E-state index in [4.69, 9.17) is 22.9 Å². The van der Waals surface area contributed by atoms with E-state index in [0.717, 1.165) is 68.8 Å². The summed E-state index contributed by atoms with van der Waals surface area (Å²) in [7, 11) is 0. The van der Waals surface area contributed by atoms with Crippen LogP contribution in [0.4, 0.5) is 0 Å². The summed E-state index contributed by atoms with van der Waals surface area (Å²) in [6, 6.07) is 0. The van der Waals surface area contributed by atoms with E-state index in [1.807, 2.05) is 6.08 Å². The van der Waals surface area contributed by atoms with Crippen molar-refractivity contribution >= 4 is 23.7 Å². The van der Waals surface area contributed by atoms with Gasteiger partial charge in [-0.05, 0) is 38.5 Å². The van der Waals surface area contributed by atoms with Crippen LogP contribution < -0.4 is 27.8 Å². The van der Waals surface area contributed by atoms with Crippen LogP contribution in [0.2, 0.25) is 0 Å².